The van der Waals surface area contributed by atoms with Gasteiger partial charge in [0.25, 0.3) is 0 Å². The molecule has 0 saturated heterocycles. The highest BCUT2D eigenvalue weighted by Gasteiger charge is 2.32. The Labute approximate surface area is 196 Å². The first-order valence-corrected chi connectivity index (χ1v) is 11.9. The van der Waals surface area contributed by atoms with Gasteiger partial charge in [-0.15, -0.1) is 0 Å². The number of hydrogen-bond donors (Lipinski definition) is 7. The molecule has 0 fully saturated rings. The molecule has 0 bridgehead atoms. The number of aromatic amines is 1. The fourth-order valence-corrected chi connectivity index (χ4v) is 3.33. The standard InChI is InChI=1S/C20H34N6O6S/c1-10(2)16(20(31)32)26-18(29)14(7-12-8-22-9-23-12)25-17(28)13(5-6-33-4)24-19(30)15(21)11(3)27/h8-11,13-16,27H,5-7,21H2,1-4H3,(H,22,23)(H,24,30)(H,25,28)(H,26,29)(H,31,32). The quantitative estimate of drug-likeness (QED) is 0.165. The second kappa shape index (κ2) is 13.8. The Morgan fingerprint density at radius 3 is 2.18 bits per heavy atom. The van der Waals surface area contributed by atoms with Crippen LogP contribution in [-0.2, 0) is 25.6 Å². The van der Waals surface area contributed by atoms with E-state index in [2.05, 4.69) is 25.9 Å². The van der Waals surface area contributed by atoms with E-state index in [1.807, 2.05) is 6.26 Å². The van der Waals surface area contributed by atoms with Gasteiger partial charge < -0.3 is 36.9 Å². The smallest absolute Gasteiger partial charge is 0.326 e. The third-order valence-electron chi connectivity index (χ3n) is 4.91. The minimum absolute atomic E-state index is 0.0262. The summed E-state index contributed by atoms with van der Waals surface area (Å²) in [6, 6.07) is -4.50. The highest BCUT2D eigenvalue weighted by Crippen LogP contribution is 2.07. The van der Waals surface area contributed by atoms with Crippen molar-refractivity contribution >= 4 is 35.5 Å². The molecule has 1 aromatic heterocycles. The van der Waals surface area contributed by atoms with Crippen LogP contribution in [0.4, 0.5) is 0 Å². The van der Waals surface area contributed by atoms with Crippen molar-refractivity contribution in [3.8, 4) is 0 Å². The van der Waals surface area contributed by atoms with E-state index in [1.165, 1.54) is 31.2 Å². The summed E-state index contributed by atoms with van der Waals surface area (Å²) < 4.78 is 0. The van der Waals surface area contributed by atoms with E-state index in [0.717, 1.165) is 0 Å². The van der Waals surface area contributed by atoms with Crippen LogP contribution in [0.25, 0.3) is 0 Å². The molecule has 0 aromatic carbocycles. The number of nitrogens with zero attached hydrogens (tertiary/aromatic N) is 1. The topological polar surface area (TPSA) is 200 Å². The summed E-state index contributed by atoms with van der Waals surface area (Å²) in [6.07, 6.45) is 3.91. The van der Waals surface area contributed by atoms with Crippen LogP contribution in [0.15, 0.2) is 12.5 Å². The van der Waals surface area contributed by atoms with E-state index < -0.39 is 54.0 Å². The Hall–Kier alpha value is -2.64. The summed E-state index contributed by atoms with van der Waals surface area (Å²) in [4.78, 5) is 56.5. The number of H-pyrrole nitrogens is 1. The fraction of sp³-hybridized carbons (Fsp3) is 0.650. The van der Waals surface area contributed by atoms with Crippen molar-refractivity contribution < 1.29 is 29.4 Å². The molecule has 1 heterocycles. The van der Waals surface area contributed by atoms with Crippen molar-refractivity contribution in [2.75, 3.05) is 12.0 Å². The maximum atomic E-state index is 13.0. The zero-order valence-corrected chi connectivity index (χ0v) is 20.0. The molecule has 8 N–H and O–H groups in total. The third-order valence-corrected chi connectivity index (χ3v) is 5.55. The van der Waals surface area contributed by atoms with Crippen LogP contribution in [-0.4, -0.2) is 86.2 Å². The van der Waals surface area contributed by atoms with Gasteiger partial charge >= 0.3 is 5.97 Å². The van der Waals surface area contributed by atoms with Gasteiger partial charge in [-0.3, -0.25) is 14.4 Å². The van der Waals surface area contributed by atoms with Crippen LogP contribution >= 0.6 is 11.8 Å². The van der Waals surface area contributed by atoms with Crippen LogP contribution in [0.5, 0.6) is 0 Å². The molecule has 0 aliphatic rings. The molecule has 1 rings (SSSR count). The normalized spacial score (nSPS) is 15.7. The molecule has 33 heavy (non-hydrogen) atoms. The number of rotatable bonds is 14. The SMILES string of the molecule is CSCCC(NC(=O)C(N)C(C)O)C(=O)NC(Cc1cnc[nH]1)C(=O)NC(C(=O)O)C(C)C. The predicted molar refractivity (Wildman–Crippen MR) is 123 cm³/mol. The van der Waals surface area contributed by atoms with Crippen molar-refractivity contribution in [2.24, 2.45) is 11.7 Å². The Kier molecular flexibility index (Phi) is 11.9. The molecule has 5 atom stereocenters. The van der Waals surface area contributed by atoms with Crippen LogP contribution in [0.3, 0.4) is 0 Å². The van der Waals surface area contributed by atoms with E-state index in [1.54, 1.807) is 13.8 Å². The summed E-state index contributed by atoms with van der Waals surface area (Å²) in [7, 11) is 0. The average Bonchev–Trinajstić information content (AvgIpc) is 3.25. The van der Waals surface area contributed by atoms with Crippen LogP contribution in [0.2, 0.25) is 0 Å². The lowest BCUT2D eigenvalue weighted by molar-refractivity contribution is -0.143. The molecule has 13 heteroatoms. The predicted octanol–water partition coefficient (Wildman–Crippen LogP) is -1.39. The van der Waals surface area contributed by atoms with Gasteiger partial charge in [-0.05, 0) is 31.3 Å². The molecule has 3 amide bonds. The van der Waals surface area contributed by atoms with Gasteiger partial charge in [0.1, 0.15) is 24.2 Å². The highest BCUT2D eigenvalue weighted by atomic mass is 32.2. The molecular weight excluding hydrogens is 452 g/mol. The maximum absolute atomic E-state index is 13.0. The number of aliphatic carboxylic acids is 1. The monoisotopic (exact) mass is 486 g/mol. The molecule has 0 aliphatic heterocycles. The lowest BCUT2D eigenvalue weighted by atomic mass is 10.0. The Balaban J connectivity index is 3.05. The molecule has 0 radical (unpaired) electrons. The van der Waals surface area contributed by atoms with Gasteiger partial charge in [0, 0.05) is 18.3 Å². The highest BCUT2D eigenvalue weighted by molar-refractivity contribution is 7.98. The number of aliphatic hydroxyl groups is 1. The lowest BCUT2D eigenvalue weighted by Gasteiger charge is -2.26. The molecule has 0 saturated carbocycles. The zero-order valence-electron chi connectivity index (χ0n) is 19.2. The number of aromatic nitrogens is 2. The van der Waals surface area contributed by atoms with Crippen molar-refractivity contribution in [3.05, 3.63) is 18.2 Å². The minimum Gasteiger partial charge on any atom is -0.480 e. The molecule has 186 valence electrons. The lowest BCUT2D eigenvalue weighted by Crippen LogP contribution is -2.59. The number of aliphatic hydroxyl groups excluding tert-OH is 1. The van der Waals surface area contributed by atoms with Gasteiger partial charge in [0.2, 0.25) is 17.7 Å². The number of hydrogen-bond acceptors (Lipinski definition) is 8. The van der Waals surface area contributed by atoms with Crippen molar-refractivity contribution in [1.29, 1.82) is 0 Å². The summed E-state index contributed by atoms with van der Waals surface area (Å²) in [5.74, 6) is -3.06. The van der Waals surface area contributed by atoms with E-state index in [9.17, 15) is 29.4 Å². The number of carbonyl (C=O) groups is 4. The number of thioether (sulfide) groups is 1. The first-order valence-electron chi connectivity index (χ1n) is 10.5. The molecule has 1 aromatic rings. The van der Waals surface area contributed by atoms with Crippen molar-refractivity contribution in [1.82, 2.24) is 25.9 Å². The van der Waals surface area contributed by atoms with Crippen molar-refractivity contribution in [2.45, 2.75) is 63.9 Å². The number of amides is 3. The molecule has 0 aliphatic carbocycles. The summed E-state index contributed by atoms with van der Waals surface area (Å²) in [6.45, 7) is 4.67. The first kappa shape index (κ1) is 28.4. The maximum Gasteiger partial charge on any atom is 0.326 e. The van der Waals surface area contributed by atoms with E-state index >= 15 is 0 Å². The van der Waals surface area contributed by atoms with Gasteiger partial charge in [0.15, 0.2) is 0 Å². The van der Waals surface area contributed by atoms with Crippen LogP contribution < -0.4 is 21.7 Å². The van der Waals surface area contributed by atoms with Gasteiger partial charge in [0.05, 0.1) is 12.4 Å². The fourth-order valence-electron chi connectivity index (χ4n) is 2.86. The molecule has 12 nitrogen and oxygen atoms in total. The third kappa shape index (κ3) is 9.40. The summed E-state index contributed by atoms with van der Waals surface area (Å²) in [5.41, 5.74) is 6.21. The zero-order chi connectivity index (χ0) is 25.1. The van der Waals surface area contributed by atoms with E-state index in [4.69, 9.17) is 5.73 Å². The Morgan fingerprint density at radius 1 is 1.09 bits per heavy atom. The number of nitrogens with one attached hydrogen (secondary N) is 4. The number of carboxylic acids is 1. The Morgan fingerprint density at radius 2 is 1.70 bits per heavy atom. The minimum atomic E-state index is -1.22. The Bertz CT molecular complexity index is 788. The van der Waals surface area contributed by atoms with E-state index in [-0.39, 0.29) is 18.8 Å². The second-order valence-electron chi connectivity index (χ2n) is 8.02. The molecular formula is C20H34N6O6S. The second-order valence-corrected chi connectivity index (χ2v) is 9.01. The largest absolute Gasteiger partial charge is 0.480 e. The molecule has 0 spiro atoms. The summed E-state index contributed by atoms with van der Waals surface area (Å²) in [5, 5.41) is 26.5. The van der Waals surface area contributed by atoms with Gasteiger partial charge in [-0.2, -0.15) is 11.8 Å². The van der Waals surface area contributed by atoms with Crippen LogP contribution in [0.1, 0.15) is 32.9 Å². The van der Waals surface area contributed by atoms with E-state index in [0.29, 0.717) is 11.4 Å². The number of carbonyl (C=O) groups excluding carboxylic acids is 3. The van der Waals surface area contributed by atoms with Crippen molar-refractivity contribution in [3.63, 3.8) is 0 Å². The summed E-state index contributed by atoms with van der Waals surface area (Å²) >= 11 is 1.46. The number of carboxylic acid groups (broad SMARTS) is 1. The first-order chi connectivity index (χ1) is 15.5. The van der Waals surface area contributed by atoms with Gasteiger partial charge in [-0.1, -0.05) is 13.8 Å². The van der Waals surface area contributed by atoms with Gasteiger partial charge in [-0.25, -0.2) is 9.78 Å². The average molecular weight is 487 g/mol. The molecule has 5 unspecified atom stereocenters. The number of nitrogens with two attached hydrogens (primary N) is 1. The van der Waals surface area contributed by atoms with Crippen LogP contribution in [0, 0.1) is 5.92 Å². The number of imidazole rings is 1.